The molecular weight excluding hydrogens is 657 g/mol. The van der Waals surface area contributed by atoms with E-state index in [9.17, 15) is 14.4 Å². The number of hydrogen-bond donors (Lipinski definition) is 3. The molecule has 2 rings (SSSR count). The molecule has 0 fully saturated rings. The van der Waals surface area contributed by atoms with Crippen LogP contribution < -0.4 is 20.7 Å². The van der Waals surface area contributed by atoms with Crippen LogP contribution in [-0.4, -0.2) is 61.4 Å². The predicted octanol–water partition coefficient (Wildman–Crippen LogP) is 7.27. The molecule has 0 saturated heterocycles. The molecule has 3 N–H and O–H groups in total. The molecule has 0 bridgehead atoms. The summed E-state index contributed by atoms with van der Waals surface area (Å²) in [6, 6.07) is 10.1. The Morgan fingerprint density at radius 3 is 2.27 bits per heavy atom. The largest absolute Gasteiger partial charge is 0.490 e. The summed E-state index contributed by atoms with van der Waals surface area (Å²) in [5, 5.41) is 13.0. The fraction of sp³-hybridized carbons (Fsp3) is 0.400. The molecule has 2 aromatic carbocycles. The van der Waals surface area contributed by atoms with Crippen molar-refractivity contribution in [3.63, 3.8) is 0 Å². The Morgan fingerprint density at radius 2 is 1.67 bits per heavy atom. The number of oxime groups is 1. The number of halogens is 2. The Labute approximate surface area is 292 Å². The summed E-state index contributed by atoms with van der Waals surface area (Å²) in [4.78, 5) is 47.8. The van der Waals surface area contributed by atoms with Gasteiger partial charge in [-0.25, -0.2) is 4.79 Å². The molecule has 0 spiro atoms. The molecular formula is C35H45Cl2N5O6. The molecule has 0 heterocycles. The Morgan fingerprint density at radius 1 is 0.979 bits per heavy atom. The number of nitrogens with one attached hydrogen (secondary N) is 3. The van der Waals surface area contributed by atoms with Crippen molar-refractivity contribution in [3.05, 3.63) is 82.9 Å². The van der Waals surface area contributed by atoms with E-state index in [4.69, 9.17) is 37.5 Å². The van der Waals surface area contributed by atoms with Gasteiger partial charge in [0.2, 0.25) is 11.8 Å². The lowest BCUT2D eigenvalue weighted by Crippen LogP contribution is -2.35. The van der Waals surface area contributed by atoms with Crippen molar-refractivity contribution in [2.75, 3.05) is 31.6 Å². The van der Waals surface area contributed by atoms with Crippen LogP contribution in [0.1, 0.15) is 64.5 Å². The second kappa shape index (κ2) is 20.9. The smallest absolute Gasteiger partial charge is 0.435 e. The Bertz CT molecular complexity index is 1450. The van der Waals surface area contributed by atoms with Gasteiger partial charge < -0.3 is 30.3 Å². The molecule has 2 aromatic rings. The zero-order valence-electron chi connectivity index (χ0n) is 28.0. The standard InChI is InChI=1S/C35H45Cl2N5O6/c1-7-10-11-12-17-38-23-32(44)41-33-27(36)19-24(20-28(33)37)21-30(40-34(45)48-35(4,5)6)39-31(43)22-29(42-47-9-3)25-13-15-26(16-14-25)46-18-8-2/h7-8,13-16,19-20,38H,1-2,9-12,17-18,21-23H2,3-6H3,(H,41,44)(H,39,40,43,45). The number of rotatable bonds is 18. The van der Waals surface area contributed by atoms with E-state index in [1.54, 1.807) is 70.2 Å². The van der Waals surface area contributed by atoms with Gasteiger partial charge in [-0.15, -0.1) is 6.58 Å². The number of nitrogens with zero attached hydrogens (tertiary/aromatic N) is 2. The number of amides is 3. The van der Waals surface area contributed by atoms with Gasteiger partial charge in [0, 0.05) is 12.0 Å². The number of allylic oxidation sites excluding steroid dienone is 1. The maximum Gasteiger partial charge on any atom is 0.435 e. The van der Waals surface area contributed by atoms with Crippen LogP contribution in [0, 0.1) is 0 Å². The van der Waals surface area contributed by atoms with Crippen molar-refractivity contribution in [1.82, 2.24) is 10.6 Å². The first-order chi connectivity index (χ1) is 22.8. The van der Waals surface area contributed by atoms with Crippen LogP contribution in [0.3, 0.4) is 0 Å². The molecule has 0 radical (unpaired) electrons. The van der Waals surface area contributed by atoms with Crippen LogP contribution in [-0.2, 0) is 25.6 Å². The van der Waals surface area contributed by atoms with Gasteiger partial charge in [0.15, 0.2) is 0 Å². The minimum atomic E-state index is -0.894. The highest BCUT2D eigenvalue weighted by Gasteiger charge is 2.20. The van der Waals surface area contributed by atoms with Crippen molar-refractivity contribution in [2.45, 2.75) is 65.4 Å². The number of ether oxygens (including phenoxy) is 2. The zero-order chi connectivity index (χ0) is 35.5. The van der Waals surface area contributed by atoms with Crippen molar-refractivity contribution in [3.8, 4) is 5.75 Å². The minimum absolute atomic E-state index is 0.0113. The maximum atomic E-state index is 13.3. The van der Waals surface area contributed by atoms with E-state index >= 15 is 0 Å². The number of hydrogen-bond acceptors (Lipinski definition) is 8. The highest BCUT2D eigenvalue weighted by atomic mass is 35.5. The van der Waals surface area contributed by atoms with E-state index in [0.717, 1.165) is 19.3 Å². The van der Waals surface area contributed by atoms with Gasteiger partial charge in [-0.3, -0.25) is 9.59 Å². The van der Waals surface area contributed by atoms with Crippen LogP contribution in [0.25, 0.3) is 0 Å². The normalized spacial score (nSPS) is 11.8. The van der Waals surface area contributed by atoms with E-state index in [-0.39, 0.29) is 46.9 Å². The van der Waals surface area contributed by atoms with Crippen molar-refractivity contribution in [2.24, 2.45) is 10.1 Å². The molecule has 13 heteroatoms. The van der Waals surface area contributed by atoms with E-state index in [0.29, 0.717) is 42.3 Å². The average molecular weight is 703 g/mol. The molecule has 48 heavy (non-hydrogen) atoms. The Balaban J connectivity index is 2.23. The van der Waals surface area contributed by atoms with Crippen LogP contribution in [0.2, 0.25) is 10.0 Å². The van der Waals surface area contributed by atoms with Gasteiger partial charge in [0.1, 0.15) is 30.4 Å². The summed E-state index contributed by atoms with van der Waals surface area (Å²) in [6.45, 7) is 15.6. The number of aliphatic imine (C=N–C) groups is 1. The van der Waals surface area contributed by atoms with E-state index in [2.05, 4.69) is 39.3 Å². The second-order valence-electron chi connectivity index (χ2n) is 11.5. The fourth-order valence-corrected chi connectivity index (χ4v) is 4.68. The lowest BCUT2D eigenvalue weighted by molar-refractivity contribution is -0.118. The van der Waals surface area contributed by atoms with Crippen LogP contribution in [0.15, 0.2) is 71.9 Å². The summed E-state index contributed by atoms with van der Waals surface area (Å²) in [5.41, 5.74) is 0.923. The van der Waals surface area contributed by atoms with Gasteiger partial charge in [0.05, 0.1) is 34.4 Å². The summed E-state index contributed by atoms with van der Waals surface area (Å²) < 4.78 is 10.9. The first-order valence-electron chi connectivity index (χ1n) is 15.6. The molecule has 0 aliphatic rings. The number of benzene rings is 2. The molecule has 0 aliphatic carbocycles. The van der Waals surface area contributed by atoms with Crippen molar-refractivity contribution in [1.29, 1.82) is 0 Å². The quantitative estimate of drug-likeness (QED) is 0.0488. The minimum Gasteiger partial charge on any atom is -0.490 e. The molecule has 0 unspecified atom stereocenters. The summed E-state index contributed by atoms with van der Waals surface area (Å²) >= 11 is 13.0. The van der Waals surface area contributed by atoms with Crippen LogP contribution in [0.4, 0.5) is 10.5 Å². The Kier molecular flexibility index (Phi) is 17.4. The van der Waals surface area contributed by atoms with Crippen LogP contribution in [0.5, 0.6) is 5.75 Å². The van der Waals surface area contributed by atoms with Gasteiger partial charge >= 0.3 is 6.09 Å². The zero-order valence-corrected chi connectivity index (χ0v) is 29.5. The molecule has 0 atom stereocenters. The number of amidine groups is 1. The number of anilines is 1. The highest BCUT2D eigenvalue weighted by molar-refractivity contribution is 6.40. The monoisotopic (exact) mass is 701 g/mol. The van der Waals surface area contributed by atoms with Crippen molar-refractivity contribution < 1.29 is 28.7 Å². The number of unbranched alkanes of at least 4 members (excludes halogenated alkanes) is 2. The van der Waals surface area contributed by atoms with E-state index < -0.39 is 17.6 Å². The lowest BCUT2D eigenvalue weighted by Gasteiger charge is -2.18. The molecule has 0 saturated carbocycles. The van der Waals surface area contributed by atoms with Crippen molar-refractivity contribution >= 4 is 58.3 Å². The third-order valence-electron chi connectivity index (χ3n) is 6.13. The van der Waals surface area contributed by atoms with E-state index in [1.165, 1.54) is 0 Å². The lowest BCUT2D eigenvalue weighted by atomic mass is 10.1. The average Bonchev–Trinajstić information content (AvgIpc) is 3.01. The number of carbonyl (C=O) groups is 3. The highest BCUT2D eigenvalue weighted by Crippen LogP contribution is 2.32. The summed E-state index contributed by atoms with van der Waals surface area (Å²) in [5.74, 6) is -0.207. The summed E-state index contributed by atoms with van der Waals surface area (Å²) in [6.07, 6.45) is 5.18. The first-order valence-corrected chi connectivity index (χ1v) is 16.3. The Hall–Kier alpha value is -4.19. The van der Waals surface area contributed by atoms with E-state index in [1.807, 2.05) is 6.08 Å². The molecule has 3 amide bonds. The van der Waals surface area contributed by atoms with Crippen LogP contribution >= 0.6 is 23.2 Å². The third kappa shape index (κ3) is 15.6. The van der Waals surface area contributed by atoms with Gasteiger partial charge in [-0.05, 0) is 95.5 Å². The SMILES string of the molecule is C=CCCCCNCC(=O)Nc1c(Cl)cc(CC(=NC(=O)OC(C)(C)C)NC(=O)CC(=NOCC)c2ccc(OCC=C)cc2)cc1Cl. The fourth-order valence-electron chi connectivity index (χ4n) is 4.06. The predicted molar refractivity (Wildman–Crippen MR) is 192 cm³/mol. The topological polar surface area (TPSA) is 140 Å². The van der Waals surface area contributed by atoms with Gasteiger partial charge in [-0.1, -0.05) is 47.1 Å². The molecule has 260 valence electrons. The summed E-state index contributed by atoms with van der Waals surface area (Å²) in [7, 11) is 0. The third-order valence-corrected chi connectivity index (χ3v) is 6.72. The second-order valence-corrected chi connectivity index (χ2v) is 12.3. The number of carbonyl (C=O) groups excluding carboxylic acids is 3. The molecule has 0 aliphatic heterocycles. The molecule has 0 aromatic heterocycles. The van der Waals surface area contributed by atoms with Gasteiger partial charge in [0.25, 0.3) is 0 Å². The first kappa shape index (κ1) is 40.0. The molecule has 11 nitrogen and oxygen atoms in total. The maximum absolute atomic E-state index is 13.3. The van der Waals surface area contributed by atoms with Gasteiger partial charge in [-0.2, -0.15) is 4.99 Å².